The maximum atomic E-state index is 13.2. The molecule has 1 saturated heterocycles. The van der Waals surface area contributed by atoms with Crippen LogP contribution in [0.1, 0.15) is 23.4 Å². The minimum absolute atomic E-state index is 0.110. The number of carboxylic acids is 1. The molecule has 2 N–H and O–H groups in total. The normalized spacial score (nSPS) is 23.1. The third-order valence-corrected chi connectivity index (χ3v) is 4.99. The van der Waals surface area contributed by atoms with Gasteiger partial charge in [0.1, 0.15) is 17.1 Å². The van der Waals surface area contributed by atoms with E-state index in [1.807, 2.05) is 18.7 Å². The summed E-state index contributed by atoms with van der Waals surface area (Å²) in [4.78, 5) is 22.9. The van der Waals surface area contributed by atoms with Crippen LogP contribution in [0.4, 0.5) is 10.2 Å². The van der Waals surface area contributed by atoms with E-state index in [1.165, 1.54) is 12.1 Å². The molecule has 0 radical (unpaired) electrons. The number of aryl methyl sites for hydroxylation is 2. The first-order valence-corrected chi connectivity index (χ1v) is 8.53. The van der Waals surface area contributed by atoms with Crippen molar-refractivity contribution in [1.29, 1.82) is 0 Å². The Labute approximate surface area is 151 Å². The number of nitrogens with zero attached hydrogens (tertiary/aromatic N) is 3. The Hall–Kier alpha value is -2.54. The summed E-state index contributed by atoms with van der Waals surface area (Å²) in [6.07, 6.45) is 1.08. The number of hydrogen-bond donors (Lipinski definition) is 2. The standard InChI is InChI=1S/C19H22FN3O3/c1-12-10-21-13(2)17(22-12)23-8-7-16(24)19(11-23,18(25)26)9-14-3-5-15(20)6-4-14/h3-6,10,16,24H,7-9,11H2,1-2H3,(H,25,26)/t16-,19+/m0/s1. The lowest BCUT2D eigenvalue weighted by atomic mass is 9.73. The van der Waals surface area contributed by atoms with E-state index in [-0.39, 0.29) is 18.8 Å². The Kier molecular flexibility index (Phi) is 4.91. The molecule has 0 spiro atoms. The van der Waals surface area contributed by atoms with E-state index in [0.29, 0.717) is 30.0 Å². The Bertz CT molecular complexity index is 812. The number of carbonyl (C=O) groups is 1. The summed E-state index contributed by atoms with van der Waals surface area (Å²) in [6.45, 7) is 4.27. The van der Waals surface area contributed by atoms with Crippen LogP contribution >= 0.6 is 0 Å². The molecular formula is C19H22FN3O3. The van der Waals surface area contributed by atoms with E-state index in [9.17, 15) is 19.4 Å². The molecule has 1 fully saturated rings. The van der Waals surface area contributed by atoms with E-state index in [4.69, 9.17) is 0 Å². The van der Waals surface area contributed by atoms with E-state index in [2.05, 4.69) is 9.97 Å². The SMILES string of the molecule is Cc1cnc(C)c(N2CC[C@H](O)[C@](Cc3ccc(F)cc3)(C(=O)O)C2)n1. The summed E-state index contributed by atoms with van der Waals surface area (Å²) in [5, 5.41) is 20.5. The van der Waals surface area contributed by atoms with Crippen molar-refractivity contribution in [1.82, 2.24) is 9.97 Å². The smallest absolute Gasteiger partial charge is 0.314 e. The predicted molar refractivity (Wildman–Crippen MR) is 94.5 cm³/mol. The fraction of sp³-hybridized carbons (Fsp3) is 0.421. The van der Waals surface area contributed by atoms with Crippen LogP contribution in [-0.2, 0) is 11.2 Å². The second kappa shape index (κ2) is 6.99. The third kappa shape index (κ3) is 3.39. The first kappa shape index (κ1) is 18.3. The monoisotopic (exact) mass is 359 g/mol. The van der Waals surface area contributed by atoms with Gasteiger partial charge in [-0.05, 0) is 44.4 Å². The number of benzene rings is 1. The van der Waals surface area contributed by atoms with Gasteiger partial charge in [-0.15, -0.1) is 0 Å². The van der Waals surface area contributed by atoms with Crippen LogP contribution in [0, 0.1) is 25.1 Å². The minimum atomic E-state index is -1.39. The molecule has 1 aromatic carbocycles. The molecule has 1 aliphatic rings. The molecule has 2 heterocycles. The first-order chi connectivity index (χ1) is 12.3. The Morgan fingerprint density at radius 3 is 2.69 bits per heavy atom. The van der Waals surface area contributed by atoms with Gasteiger partial charge in [0.05, 0.1) is 17.5 Å². The number of rotatable bonds is 4. The molecule has 0 saturated carbocycles. The number of aromatic nitrogens is 2. The molecule has 1 aliphatic heterocycles. The van der Waals surface area contributed by atoms with E-state index in [1.54, 1.807) is 18.3 Å². The molecule has 7 heteroatoms. The van der Waals surface area contributed by atoms with Gasteiger partial charge >= 0.3 is 5.97 Å². The predicted octanol–water partition coefficient (Wildman–Crippen LogP) is 2.12. The Morgan fingerprint density at radius 2 is 2.04 bits per heavy atom. The number of anilines is 1. The molecule has 0 unspecified atom stereocenters. The summed E-state index contributed by atoms with van der Waals surface area (Å²) in [6, 6.07) is 5.72. The van der Waals surface area contributed by atoms with Crippen molar-refractivity contribution in [2.75, 3.05) is 18.0 Å². The summed E-state index contributed by atoms with van der Waals surface area (Å²) in [5.74, 6) is -0.812. The highest BCUT2D eigenvalue weighted by Crippen LogP contribution is 2.36. The summed E-state index contributed by atoms with van der Waals surface area (Å²) in [7, 11) is 0. The van der Waals surface area contributed by atoms with Gasteiger partial charge in [-0.25, -0.2) is 9.37 Å². The third-order valence-electron chi connectivity index (χ3n) is 4.99. The zero-order chi connectivity index (χ0) is 18.9. The Balaban J connectivity index is 1.95. The largest absolute Gasteiger partial charge is 0.481 e. The van der Waals surface area contributed by atoms with Crippen LogP contribution in [0.2, 0.25) is 0 Å². The van der Waals surface area contributed by atoms with Crippen molar-refractivity contribution in [3.63, 3.8) is 0 Å². The zero-order valence-corrected chi connectivity index (χ0v) is 14.8. The molecule has 0 aliphatic carbocycles. The molecule has 2 aromatic rings. The van der Waals surface area contributed by atoms with Crippen LogP contribution in [-0.4, -0.2) is 45.3 Å². The highest BCUT2D eigenvalue weighted by atomic mass is 19.1. The van der Waals surface area contributed by atoms with Crippen LogP contribution in [0.3, 0.4) is 0 Å². The van der Waals surface area contributed by atoms with Gasteiger partial charge in [-0.3, -0.25) is 9.78 Å². The number of aliphatic hydroxyl groups is 1. The van der Waals surface area contributed by atoms with Gasteiger partial charge in [0.25, 0.3) is 0 Å². The van der Waals surface area contributed by atoms with Gasteiger partial charge < -0.3 is 15.1 Å². The molecule has 1 aromatic heterocycles. The zero-order valence-electron chi connectivity index (χ0n) is 14.8. The lowest BCUT2D eigenvalue weighted by Gasteiger charge is -2.44. The quantitative estimate of drug-likeness (QED) is 0.870. The van der Waals surface area contributed by atoms with Gasteiger partial charge in [0.15, 0.2) is 0 Å². The maximum Gasteiger partial charge on any atom is 0.314 e. The fourth-order valence-corrected chi connectivity index (χ4v) is 3.51. The van der Waals surface area contributed by atoms with Crippen molar-refractivity contribution < 1.29 is 19.4 Å². The van der Waals surface area contributed by atoms with E-state index >= 15 is 0 Å². The molecular weight excluding hydrogens is 337 g/mol. The molecule has 26 heavy (non-hydrogen) atoms. The van der Waals surface area contributed by atoms with Crippen molar-refractivity contribution in [3.8, 4) is 0 Å². The first-order valence-electron chi connectivity index (χ1n) is 8.53. The number of piperidine rings is 1. The molecule has 3 rings (SSSR count). The van der Waals surface area contributed by atoms with Crippen LogP contribution in [0.5, 0.6) is 0 Å². The van der Waals surface area contributed by atoms with Crippen molar-refractivity contribution in [2.24, 2.45) is 5.41 Å². The highest BCUT2D eigenvalue weighted by Gasteiger charge is 2.49. The van der Waals surface area contributed by atoms with E-state index in [0.717, 1.165) is 5.69 Å². The summed E-state index contributed by atoms with van der Waals surface area (Å²) >= 11 is 0. The average Bonchev–Trinajstić information content (AvgIpc) is 2.61. The maximum absolute atomic E-state index is 13.2. The summed E-state index contributed by atoms with van der Waals surface area (Å²) < 4.78 is 13.2. The molecule has 2 atom stereocenters. The number of aliphatic hydroxyl groups excluding tert-OH is 1. The highest BCUT2D eigenvalue weighted by molar-refractivity contribution is 5.77. The molecule has 6 nitrogen and oxygen atoms in total. The lowest BCUT2D eigenvalue weighted by Crippen LogP contribution is -2.57. The van der Waals surface area contributed by atoms with E-state index < -0.39 is 17.5 Å². The van der Waals surface area contributed by atoms with Crippen molar-refractivity contribution >= 4 is 11.8 Å². The number of hydrogen-bond acceptors (Lipinski definition) is 5. The second-order valence-corrected chi connectivity index (χ2v) is 6.91. The molecule has 0 bridgehead atoms. The second-order valence-electron chi connectivity index (χ2n) is 6.91. The number of aliphatic carboxylic acids is 1. The minimum Gasteiger partial charge on any atom is -0.481 e. The Morgan fingerprint density at radius 1 is 1.35 bits per heavy atom. The fourth-order valence-electron chi connectivity index (χ4n) is 3.51. The van der Waals surface area contributed by atoms with Crippen molar-refractivity contribution in [2.45, 2.75) is 32.8 Å². The van der Waals surface area contributed by atoms with Gasteiger partial charge in [0.2, 0.25) is 0 Å². The number of halogens is 1. The van der Waals surface area contributed by atoms with Crippen molar-refractivity contribution in [3.05, 3.63) is 53.2 Å². The number of carboxylic acid groups (broad SMARTS) is 1. The average molecular weight is 359 g/mol. The van der Waals surface area contributed by atoms with Crippen LogP contribution in [0.15, 0.2) is 30.5 Å². The summed E-state index contributed by atoms with van der Waals surface area (Å²) in [5.41, 5.74) is 0.736. The van der Waals surface area contributed by atoms with Gasteiger partial charge in [-0.2, -0.15) is 0 Å². The van der Waals surface area contributed by atoms with Crippen LogP contribution in [0.25, 0.3) is 0 Å². The van der Waals surface area contributed by atoms with Gasteiger partial charge in [0, 0.05) is 19.3 Å². The van der Waals surface area contributed by atoms with Crippen LogP contribution < -0.4 is 4.90 Å². The topological polar surface area (TPSA) is 86.5 Å². The lowest BCUT2D eigenvalue weighted by molar-refractivity contribution is -0.157. The molecule has 138 valence electrons. The molecule has 0 amide bonds. The van der Waals surface area contributed by atoms with Gasteiger partial charge in [-0.1, -0.05) is 12.1 Å².